The molecule has 1 amide bonds. The fraction of sp³-hybridized carbons (Fsp3) is 0.0500. The molecule has 3 aromatic rings. The number of hydrogen-bond donors (Lipinski definition) is 1. The highest BCUT2D eigenvalue weighted by Gasteiger charge is 2.17. The average Bonchev–Trinajstić information content (AvgIpc) is 2.95. The second kappa shape index (κ2) is 8.26. The number of nitriles is 1. The van der Waals surface area contributed by atoms with E-state index >= 15 is 0 Å². The quantitative estimate of drug-likeness (QED) is 0.472. The third-order valence-corrected chi connectivity index (χ3v) is 4.46. The summed E-state index contributed by atoms with van der Waals surface area (Å²) in [5, 5.41) is 17.1. The van der Waals surface area contributed by atoms with Crippen LogP contribution in [-0.4, -0.2) is 15.7 Å². The molecule has 1 N–H and O–H groups in total. The summed E-state index contributed by atoms with van der Waals surface area (Å²) in [6.45, 7) is 1.71. The lowest BCUT2D eigenvalue weighted by Gasteiger charge is -2.05. The average molecular weight is 415 g/mol. The third-order valence-electron chi connectivity index (χ3n) is 3.86. The van der Waals surface area contributed by atoms with E-state index in [4.69, 9.17) is 23.2 Å². The molecule has 8 heteroatoms. The van der Waals surface area contributed by atoms with Gasteiger partial charge in [0.15, 0.2) is 0 Å². The summed E-state index contributed by atoms with van der Waals surface area (Å²) in [6, 6.07) is 14.0. The zero-order valence-corrected chi connectivity index (χ0v) is 16.1. The number of hydrogen-bond acceptors (Lipinski definition) is 3. The molecule has 140 valence electrons. The van der Waals surface area contributed by atoms with E-state index in [1.165, 1.54) is 35.0 Å². The van der Waals surface area contributed by atoms with Gasteiger partial charge < -0.3 is 5.32 Å². The van der Waals surface area contributed by atoms with Crippen molar-refractivity contribution in [3.8, 4) is 11.8 Å². The van der Waals surface area contributed by atoms with E-state index in [9.17, 15) is 14.4 Å². The van der Waals surface area contributed by atoms with Crippen LogP contribution in [0.1, 0.15) is 11.3 Å². The Labute approximate surface area is 170 Å². The molecule has 0 bridgehead atoms. The van der Waals surface area contributed by atoms with E-state index in [0.717, 1.165) is 0 Å². The SMILES string of the molecule is Cc1nn(-c2cccc(Cl)c2)c(Cl)c1C=C(C#N)C(=O)Nc1ccc(F)cc1. The van der Waals surface area contributed by atoms with Crippen LogP contribution in [0.4, 0.5) is 10.1 Å². The Hall–Kier alpha value is -3.14. The predicted molar refractivity (Wildman–Crippen MR) is 107 cm³/mol. The lowest BCUT2D eigenvalue weighted by Crippen LogP contribution is -2.13. The molecule has 0 spiro atoms. The van der Waals surface area contributed by atoms with Gasteiger partial charge in [-0.05, 0) is 55.5 Å². The van der Waals surface area contributed by atoms with Gasteiger partial charge in [-0.2, -0.15) is 10.4 Å². The van der Waals surface area contributed by atoms with E-state index in [2.05, 4.69) is 10.4 Å². The van der Waals surface area contributed by atoms with Crippen molar-refractivity contribution >= 4 is 40.9 Å². The summed E-state index contributed by atoms with van der Waals surface area (Å²) in [7, 11) is 0. The van der Waals surface area contributed by atoms with Gasteiger partial charge in [0.1, 0.15) is 22.6 Å². The van der Waals surface area contributed by atoms with Gasteiger partial charge in [-0.25, -0.2) is 9.07 Å². The van der Waals surface area contributed by atoms with Crippen LogP contribution in [0.2, 0.25) is 10.2 Å². The van der Waals surface area contributed by atoms with E-state index in [1.807, 2.05) is 6.07 Å². The predicted octanol–water partition coefficient (Wildman–Crippen LogP) is 5.17. The minimum Gasteiger partial charge on any atom is -0.321 e. The maximum absolute atomic E-state index is 13.0. The molecular weight excluding hydrogens is 402 g/mol. The lowest BCUT2D eigenvalue weighted by molar-refractivity contribution is -0.112. The molecule has 1 heterocycles. The highest BCUT2D eigenvalue weighted by molar-refractivity contribution is 6.32. The third kappa shape index (κ3) is 4.22. The Morgan fingerprint density at radius 3 is 2.61 bits per heavy atom. The summed E-state index contributed by atoms with van der Waals surface area (Å²) in [5.41, 5.74) is 1.82. The zero-order valence-electron chi connectivity index (χ0n) is 14.6. The molecule has 0 unspecified atom stereocenters. The molecular formula is C20H13Cl2FN4O. The fourth-order valence-electron chi connectivity index (χ4n) is 2.48. The Balaban J connectivity index is 1.93. The Morgan fingerprint density at radius 1 is 1.25 bits per heavy atom. The van der Waals surface area contributed by atoms with Crippen LogP contribution in [0.25, 0.3) is 11.8 Å². The van der Waals surface area contributed by atoms with Crippen LogP contribution >= 0.6 is 23.2 Å². The first-order valence-corrected chi connectivity index (χ1v) is 8.84. The van der Waals surface area contributed by atoms with E-state index in [-0.39, 0.29) is 10.7 Å². The molecule has 0 fully saturated rings. The number of aryl methyl sites for hydroxylation is 1. The minimum atomic E-state index is -0.639. The molecule has 0 saturated heterocycles. The molecule has 2 aromatic carbocycles. The largest absolute Gasteiger partial charge is 0.321 e. The number of halogens is 3. The van der Waals surface area contributed by atoms with Gasteiger partial charge in [-0.1, -0.05) is 29.3 Å². The van der Waals surface area contributed by atoms with Crippen molar-refractivity contribution < 1.29 is 9.18 Å². The maximum Gasteiger partial charge on any atom is 0.266 e. The van der Waals surface area contributed by atoms with Gasteiger partial charge in [-0.15, -0.1) is 0 Å². The molecule has 28 heavy (non-hydrogen) atoms. The Morgan fingerprint density at radius 2 is 1.96 bits per heavy atom. The monoisotopic (exact) mass is 414 g/mol. The van der Waals surface area contributed by atoms with Crippen LogP contribution in [0.15, 0.2) is 54.1 Å². The zero-order chi connectivity index (χ0) is 20.3. The highest BCUT2D eigenvalue weighted by atomic mass is 35.5. The molecule has 1 aromatic heterocycles. The van der Waals surface area contributed by atoms with Gasteiger partial charge in [-0.3, -0.25) is 4.79 Å². The number of anilines is 1. The first-order chi connectivity index (χ1) is 13.4. The fourth-order valence-corrected chi connectivity index (χ4v) is 2.99. The van der Waals surface area contributed by atoms with Crippen LogP contribution in [-0.2, 0) is 4.79 Å². The van der Waals surface area contributed by atoms with Crippen LogP contribution in [0.5, 0.6) is 0 Å². The van der Waals surface area contributed by atoms with Crippen molar-refractivity contribution in [3.05, 3.63) is 81.4 Å². The number of carbonyl (C=O) groups excluding carboxylic acids is 1. The molecule has 0 aliphatic heterocycles. The van der Waals surface area contributed by atoms with E-state index in [0.29, 0.717) is 27.7 Å². The van der Waals surface area contributed by atoms with Gasteiger partial charge >= 0.3 is 0 Å². The molecule has 0 saturated carbocycles. The normalized spacial score (nSPS) is 11.2. The number of nitrogens with zero attached hydrogens (tertiary/aromatic N) is 3. The molecule has 5 nitrogen and oxygen atoms in total. The highest BCUT2D eigenvalue weighted by Crippen LogP contribution is 2.27. The summed E-state index contributed by atoms with van der Waals surface area (Å²) in [5.74, 6) is -1.06. The molecule has 0 radical (unpaired) electrons. The first-order valence-electron chi connectivity index (χ1n) is 8.09. The standard InChI is InChI=1S/C20H13Cl2FN4O/c1-12-18(19(22)27(26-12)17-4-2-3-14(21)10-17)9-13(11-24)20(28)25-16-7-5-15(23)6-8-16/h2-10H,1H3,(H,25,28). The number of aromatic nitrogens is 2. The van der Waals surface area contributed by atoms with E-state index < -0.39 is 11.7 Å². The lowest BCUT2D eigenvalue weighted by atomic mass is 10.1. The van der Waals surface area contributed by atoms with Crippen LogP contribution in [0, 0.1) is 24.1 Å². The summed E-state index contributed by atoms with van der Waals surface area (Å²) in [6.07, 6.45) is 1.37. The minimum absolute atomic E-state index is 0.167. The van der Waals surface area contributed by atoms with Crippen molar-refractivity contribution in [1.82, 2.24) is 9.78 Å². The van der Waals surface area contributed by atoms with Crippen molar-refractivity contribution in [2.75, 3.05) is 5.32 Å². The number of rotatable bonds is 4. The van der Waals surface area contributed by atoms with Crippen molar-refractivity contribution in [3.63, 3.8) is 0 Å². The number of benzene rings is 2. The molecule has 0 atom stereocenters. The summed E-state index contributed by atoms with van der Waals surface area (Å²) < 4.78 is 14.5. The van der Waals surface area contributed by atoms with Crippen molar-refractivity contribution in [2.24, 2.45) is 0 Å². The van der Waals surface area contributed by atoms with Gasteiger partial charge in [0, 0.05) is 16.3 Å². The van der Waals surface area contributed by atoms with E-state index in [1.54, 1.807) is 31.2 Å². The second-order valence-electron chi connectivity index (χ2n) is 5.81. The van der Waals surface area contributed by atoms with Crippen molar-refractivity contribution in [1.29, 1.82) is 5.26 Å². The molecule has 0 aliphatic rings. The van der Waals surface area contributed by atoms with Gasteiger partial charge in [0.25, 0.3) is 5.91 Å². The smallest absolute Gasteiger partial charge is 0.266 e. The number of carbonyl (C=O) groups is 1. The van der Waals surface area contributed by atoms with Crippen LogP contribution in [0.3, 0.4) is 0 Å². The molecule has 3 rings (SSSR count). The number of nitrogens with one attached hydrogen (secondary N) is 1. The van der Waals surface area contributed by atoms with Crippen LogP contribution < -0.4 is 5.32 Å². The summed E-state index contributed by atoms with van der Waals surface area (Å²) >= 11 is 12.4. The van der Waals surface area contributed by atoms with Gasteiger partial charge in [0.2, 0.25) is 0 Å². The topological polar surface area (TPSA) is 70.7 Å². The maximum atomic E-state index is 13.0. The van der Waals surface area contributed by atoms with Gasteiger partial charge in [0.05, 0.1) is 11.4 Å². The molecule has 0 aliphatic carbocycles. The summed E-state index contributed by atoms with van der Waals surface area (Å²) in [4.78, 5) is 12.4. The second-order valence-corrected chi connectivity index (χ2v) is 6.61. The first kappa shape index (κ1) is 19.6. The Bertz CT molecular complexity index is 1110. The number of amides is 1. The Kier molecular flexibility index (Phi) is 5.78. The van der Waals surface area contributed by atoms with Crippen molar-refractivity contribution in [2.45, 2.75) is 6.92 Å².